The number of ether oxygens (including phenoxy) is 2. The molecule has 1 aromatic heterocycles. The molecule has 0 radical (unpaired) electrons. The van der Waals surface area contributed by atoms with Gasteiger partial charge in [-0.3, -0.25) is 4.79 Å². The molecule has 0 bridgehead atoms. The average molecular weight is 357 g/mol. The van der Waals surface area contributed by atoms with E-state index < -0.39 is 0 Å². The van der Waals surface area contributed by atoms with E-state index in [4.69, 9.17) is 14.6 Å². The van der Waals surface area contributed by atoms with Gasteiger partial charge in [0.05, 0.1) is 43.0 Å². The lowest BCUT2D eigenvalue weighted by molar-refractivity contribution is -0.127. The van der Waals surface area contributed by atoms with Crippen molar-refractivity contribution in [3.63, 3.8) is 0 Å². The van der Waals surface area contributed by atoms with E-state index in [0.717, 1.165) is 16.6 Å². The van der Waals surface area contributed by atoms with Gasteiger partial charge in [-0.05, 0) is 19.4 Å². The number of fused-ring (bicyclic) bond motifs is 1. The first kappa shape index (κ1) is 18.4. The minimum absolute atomic E-state index is 0.0521. The molecule has 7 heteroatoms. The first-order valence-electron chi connectivity index (χ1n) is 8.73. The zero-order valence-corrected chi connectivity index (χ0v) is 14.8. The van der Waals surface area contributed by atoms with Crippen LogP contribution in [0, 0.1) is 18.3 Å². The van der Waals surface area contributed by atoms with Crippen molar-refractivity contribution in [2.24, 2.45) is 0 Å². The van der Waals surface area contributed by atoms with E-state index in [0.29, 0.717) is 25.2 Å². The molecule has 1 fully saturated rings. The van der Waals surface area contributed by atoms with E-state index in [1.165, 1.54) is 0 Å². The number of hydrogen-bond donors (Lipinski definition) is 2. The predicted molar refractivity (Wildman–Crippen MR) is 95.6 cm³/mol. The van der Waals surface area contributed by atoms with Crippen molar-refractivity contribution in [3.8, 4) is 6.07 Å². The topological polar surface area (TPSA) is 96.5 Å². The fourth-order valence-electron chi connectivity index (χ4n) is 3.43. The minimum Gasteiger partial charge on any atom is -0.394 e. The van der Waals surface area contributed by atoms with Crippen LogP contribution >= 0.6 is 0 Å². The summed E-state index contributed by atoms with van der Waals surface area (Å²) in [7, 11) is 0. The second-order valence-corrected chi connectivity index (χ2v) is 6.35. The number of rotatable bonds is 6. The summed E-state index contributed by atoms with van der Waals surface area (Å²) in [5.74, 6) is -0.161. The molecule has 1 aromatic carbocycles. The third-order valence-electron chi connectivity index (χ3n) is 4.71. The summed E-state index contributed by atoms with van der Waals surface area (Å²) in [5.41, 5.74) is 2.24. The Hall–Kier alpha value is -2.40. The number of amides is 1. The highest BCUT2D eigenvalue weighted by Crippen LogP contribution is 2.25. The van der Waals surface area contributed by atoms with Gasteiger partial charge in [0.25, 0.3) is 0 Å². The molecule has 2 heterocycles. The summed E-state index contributed by atoms with van der Waals surface area (Å²) in [5, 5.41) is 22.2. The standard InChI is InChI=1S/C19H23N3O4/c1-13-15(10-20)14-4-2-3-5-17(14)22(13)11-19(24)21-16-12-25-8-6-18(16)26-9-7-23/h2-5,16,18,23H,6-9,11-12H2,1H3,(H,21,24)/t16-,18+/m1/s1. The number of aromatic nitrogens is 1. The van der Waals surface area contributed by atoms with Crippen molar-refractivity contribution in [1.29, 1.82) is 5.26 Å². The number of aliphatic hydroxyl groups excluding tert-OH is 1. The van der Waals surface area contributed by atoms with E-state index in [-0.39, 0.29) is 37.8 Å². The normalized spacial score (nSPS) is 20.0. The van der Waals surface area contributed by atoms with Gasteiger partial charge in [0.1, 0.15) is 12.6 Å². The lowest BCUT2D eigenvalue weighted by Gasteiger charge is -2.32. The lowest BCUT2D eigenvalue weighted by atomic mass is 10.1. The Morgan fingerprint density at radius 3 is 3.08 bits per heavy atom. The van der Waals surface area contributed by atoms with E-state index in [1.807, 2.05) is 35.8 Å². The van der Waals surface area contributed by atoms with Crippen molar-refractivity contribution in [2.75, 3.05) is 26.4 Å². The molecule has 1 aliphatic rings. The number of para-hydroxylation sites is 1. The number of nitrogens with zero attached hydrogens (tertiary/aromatic N) is 2. The van der Waals surface area contributed by atoms with Crippen molar-refractivity contribution >= 4 is 16.8 Å². The van der Waals surface area contributed by atoms with Gasteiger partial charge in [-0.25, -0.2) is 0 Å². The van der Waals surface area contributed by atoms with Crippen LogP contribution in [0.2, 0.25) is 0 Å². The van der Waals surface area contributed by atoms with Gasteiger partial charge in [0.2, 0.25) is 5.91 Å². The Morgan fingerprint density at radius 1 is 1.50 bits per heavy atom. The van der Waals surface area contributed by atoms with E-state index in [2.05, 4.69) is 11.4 Å². The second-order valence-electron chi connectivity index (χ2n) is 6.35. The van der Waals surface area contributed by atoms with E-state index >= 15 is 0 Å². The number of carbonyl (C=O) groups is 1. The first-order chi connectivity index (χ1) is 12.7. The van der Waals surface area contributed by atoms with Crippen LogP contribution in [0.15, 0.2) is 24.3 Å². The number of benzene rings is 1. The average Bonchev–Trinajstić information content (AvgIpc) is 2.92. The van der Waals surface area contributed by atoms with Gasteiger partial charge >= 0.3 is 0 Å². The predicted octanol–water partition coefficient (Wildman–Crippen LogP) is 1.10. The Kier molecular flexibility index (Phi) is 5.89. The molecule has 2 N–H and O–H groups in total. The van der Waals surface area contributed by atoms with Crippen LogP contribution in [0.3, 0.4) is 0 Å². The molecular formula is C19H23N3O4. The largest absolute Gasteiger partial charge is 0.394 e. The molecule has 3 rings (SSSR count). The SMILES string of the molecule is Cc1c(C#N)c2ccccc2n1CC(=O)N[C@@H]1COCC[C@@H]1OCCO. The fraction of sp³-hybridized carbons (Fsp3) is 0.474. The highest BCUT2D eigenvalue weighted by molar-refractivity contribution is 5.89. The summed E-state index contributed by atoms with van der Waals surface area (Å²) in [4.78, 5) is 12.6. The lowest BCUT2D eigenvalue weighted by Crippen LogP contribution is -2.51. The molecule has 0 unspecified atom stereocenters. The molecule has 26 heavy (non-hydrogen) atoms. The summed E-state index contributed by atoms with van der Waals surface area (Å²) >= 11 is 0. The van der Waals surface area contributed by atoms with Crippen molar-refractivity contribution < 1.29 is 19.4 Å². The van der Waals surface area contributed by atoms with Gasteiger partial charge in [-0.1, -0.05) is 18.2 Å². The maximum atomic E-state index is 12.6. The number of nitriles is 1. The number of nitrogens with one attached hydrogen (secondary N) is 1. The van der Waals surface area contributed by atoms with Gasteiger partial charge in [-0.15, -0.1) is 0 Å². The summed E-state index contributed by atoms with van der Waals surface area (Å²) in [6.45, 7) is 3.12. The zero-order chi connectivity index (χ0) is 18.5. The quantitative estimate of drug-likeness (QED) is 0.807. The van der Waals surface area contributed by atoms with Gasteiger partial charge in [0.15, 0.2) is 0 Å². The molecule has 1 amide bonds. The van der Waals surface area contributed by atoms with Crippen LogP contribution in [0.1, 0.15) is 17.7 Å². The Balaban J connectivity index is 1.75. The molecule has 138 valence electrons. The monoisotopic (exact) mass is 357 g/mol. The maximum Gasteiger partial charge on any atom is 0.240 e. The van der Waals surface area contributed by atoms with Crippen molar-refractivity contribution in [1.82, 2.24) is 9.88 Å². The van der Waals surface area contributed by atoms with Crippen molar-refractivity contribution in [2.45, 2.75) is 32.0 Å². The molecule has 2 aromatic rings. The first-order valence-corrected chi connectivity index (χ1v) is 8.73. The Bertz CT molecular complexity index is 824. The molecule has 1 aliphatic heterocycles. The van der Waals surface area contributed by atoms with Crippen molar-refractivity contribution in [3.05, 3.63) is 35.5 Å². The van der Waals surface area contributed by atoms with Crippen LogP contribution in [-0.2, 0) is 20.8 Å². The molecule has 0 saturated carbocycles. The number of hydrogen-bond acceptors (Lipinski definition) is 5. The molecule has 0 aliphatic carbocycles. The van der Waals surface area contributed by atoms with Crippen LogP contribution in [0.4, 0.5) is 0 Å². The summed E-state index contributed by atoms with van der Waals surface area (Å²) < 4.78 is 12.9. The molecular weight excluding hydrogens is 334 g/mol. The van der Waals surface area contributed by atoms with Gasteiger partial charge < -0.3 is 24.5 Å². The highest BCUT2D eigenvalue weighted by Gasteiger charge is 2.28. The third-order valence-corrected chi connectivity index (χ3v) is 4.71. The molecule has 0 spiro atoms. The zero-order valence-electron chi connectivity index (χ0n) is 14.8. The van der Waals surface area contributed by atoms with Crippen LogP contribution < -0.4 is 5.32 Å². The van der Waals surface area contributed by atoms with Gasteiger partial charge in [-0.2, -0.15) is 5.26 Å². The molecule has 1 saturated heterocycles. The van der Waals surface area contributed by atoms with Crippen LogP contribution in [0.25, 0.3) is 10.9 Å². The van der Waals surface area contributed by atoms with Crippen LogP contribution in [0.5, 0.6) is 0 Å². The maximum absolute atomic E-state index is 12.6. The fourth-order valence-corrected chi connectivity index (χ4v) is 3.43. The highest BCUT2D eigenvalue weighted by atomic mass is 16.5. The Morgan fingerprint density at radius 2 is 2.31 bits per heavy atom. The van der Waals surface area contributed by atoms with E-state index in [1.54, 1.807) is 0 Å². The Labute approximate surface area is 152 Å². The summed E-state index contributed by atoms with van der Waals surface area (Å²) in [6, 6.07) is 9.56. The molecule has 2 atom stereocenters. The number of carbonyl (C=O) groups excluding carboxylic acids is 1. The summed E-state index contributed by atoms with van der Waals surface area (Å²) in [6.07, 6.45) is 0.506. The molecule has 7 nitrogen and oxygen atoms in total. The van der Waals surface area contributed by atoms with Gasteiger partial charge in [0, 0.05) is 17.7 Å². The number of aliphatic hydroxyl groups is 1. The smallest absolute Gasteiger partial charge is 0.240 e. The third kappa shape index (κ3) is 3.73. The second kappa shape index (κ2) is 8.32. The van der Waals surface area contributed by atoms with E-state index in [9.17, 15) is 10.1 Å². The van der Waals surface area contributed by atoms with Crippen LogP contribution in [-0.4, -0.2) is 54.2 Å². The minimum atomic E-state index is -0.250.